The summed E-state index contributed by atoms with van der Waals surface area (Å²) in [7, 11) is 1.15. The van der Waals surface area contributed by atoms with E-state index in [4.69, 9.17) is 0 Å². The van der Waals surface area contributed by atoms with E-state index in [1.807, 2.05) is 20.2 Å². The van der Waals surface area contributed by atoms with Crippen molar-refractivity contribution in [2.75, 3.05) is 24.4 Å². The van der Waals surface area contributed by atoms with Crippen LogP contribution in [0.5, 0.6) is 0 Å². The van der Waals surface area contributed by atoms with E-state index < -0.39 is 10.8 Å². The van der Waals surface area contributed by atoms with Crippen molar-refractivity contribution in [2.24, 2.45) is 0 Å². The second-order valence-electron chi connectivity index (χ2n) is 3.78. The third-order valence-electron chi connectivity index (χ3n) is 2.37. The van der Waals surface area contributed by atoms with Crippen LogP contribution in [-0.2, 0) is 10.8 Å². The lowest BCUT2D eigenvalue weighted by Crippen LogP contribution is -2.11. The molecule has 1 aromatic rings. The minimum atomic E-state index is -0.716. The van der Waals surface area contributed by atoms with Gasteiger partial charge in [0, 0.05) is 42.1 Å². The molecule has 0 fully saturated rings. The summed E-state index contributed by atoms with van der Waals surface area (Å²) in [5.41, 5.74) is 1.00. The number of nitrogens with zero attached hydrogens (tertiary/aromatic N) is 2. The van der Waals surface area contributed by atoms with Crippen molar-refractivity contribution >= 4 is 16.7 Å². The number of aryl methyl sites for hydroxylation is 1. The summed E-state index contributed by atoms with van der Waals surface area (Å²) in [4.78, 5) is 4.35. The second-order valence-corrected chi connectivity index (χ2v) is 5.33. The Bertz CT molecular complexity index is 348. The zero-order chi connectivity index (χ0) is 11.4. The molecular weight excluding hydrogens is 210 g/mol. The van der Waals surface area contributed by atoms with Gasteiger partial charge >= 0.3 is 0 Å². The van der Waals surface area contributed by atoms with Gasteiger partial charge in [-0.15, -0.1) is 0 Å². The Morgan fingerprint density at radius 3 is 2.87 bits per heavy atom. The standard InChI is InChI=1S/C10H19N3OS/c1-8-7-13(10(11-3)12-8)9(2)5-6-15(4)14/h7,9H,5-6H2,1-4H3,(H,11,12). The van der Waals surface area contributed by atoms with Gasteiger partial charge in [-0.05, 0) is 20.3 Å². The molecule has 86 valence electrons. The monoisotopic (exact) mass is 229 g/mol. The second kappa shape index (κ2) is 5.30. The van der Waals surface area contributed by atoms with Crippen molar-refractivity contribution in [3.05, 3.63) is 11.9 Å². The van der Waals surface area contributed by atoms with E-state index in [-0.39, 0.29) is 0 Å². The van der Waals surface area contributed by atoms with E-state index >= 15 is 0 Å². The molecule has 1 heterocycles. The highest BCUT2D eigenvalue weighted by Gasteiger charge is 2.10. The zero-order valence-electron chi connectivity index (χ0n) is 9.78. The van der Waals surface area contributed by atoms with Gasteiger partial charge in [-0.3, -0.25) is 4.21 Å². The molecular formula is C10H19N3OS. The van der Waals surface area contributed by atoms with E-state index in [0.717, 1.165) is 23.8 Å². The van der Waals surface area contributed by atoms with E-state index in [2.05, 4.69) is 21.8 Å². The number of hydrogen-bond donors (Lipinski definition) is 1. The van der Waals surface area contributed by atoms with E-state index in [1.165, 1.54) is 0 Å². The lowest BCUT2D eigenvalue weighted by molar-refractivity contribution is 0.537. The smallest absolute Gasteiger partial charge is 0.203 e. The van der Waals surface area contributed by atoms with Crippen molar-refractivity contribution in [3.8, 4) is 0 Å². The molecule has 0 aliphatic rings. The number of rotatable bonds is 5. The summed E-state index contributed by atoms with van der Waals surface area (Å²) in [6, 6.07) is 0.331. The van der Waals surface area contributed by atoms with Crippen LogP contribution in [0.3, 0.4) is 0 Å². The fourth-order valence-electron chi connectivity index (χ4n) is 1.51. The molecule has 1 aromatic heterocycles. The number of hydrogen-bond acceptors (Lipinski definition) is 3. The van der Waals surface area contributed by atoms with Gasteiger partial charge in [0.05, 0.1) is 5.69 Å². The summed E-state index contributed by atoms with van der Waals surface area (Å²) < 4.78 is 13.1. The minimum Gasteiger partial charge on any atom is -0.359 e. The Kier molecular flexibility index (Phi) is 4.32. The molecule has 15 heavy (non-hydrogen) atoms. The van der Waals surface area contributed by atoms with Crippen LogP contribution in [0, 0.1) is 6.92 Å². The summed E-state index contributed by atoms with van der Waals surface area (Å²) in [5, 5.41) is 3.06. The Hall–Kier alpha value is -0.840. The molecule has 0 bridgehead atoms. The Balaban J connectivity index is 2.71. The Labute approximate surface area is 93.5 Å². The van der Waals surface area contributed by atoms with Crippen LogP contribution in [0.25, 0.3) is 0 Å². The molecule has 0 saturated heterocycles. The molecule has 0 saturated carbocycles. The molecule has 0 amide bonds. The number of nitrogens with one attached hydrogen (secondary N) is 1. The molecule has 2 atom stereocenters. The molecule has 0 radical (unpaired) electrons. The maximum Gasteiger partial charge on any atom is 0.203 e. The molecule has 1 rings (SSSR count). The summed E-state index contributed by atoms with van der Waals surface area (Å²) >= 11 is 0. The summed E-state index contributed by atoms with van der Waals surface area (Å²) in [6.07, 6.45) is 4.67. The largest absolute Gasteiger partial charge is 0.359 e. The van der Waals surface area contributed by atoms with Crippen molar-refractivity contribution in [1.82, 2.24) is 9.55 Å². The maximum absolute atomic E-state index is 11.0. The van der Waals surface area contributed by atoms with E-state index in [9.17, 15) is 4.21 Å². The first-order chi connectivity index (χ1) is 7.04. The van der Waals surface area contributed by atoms with Crippen LogP contribution in [0.15, 0.2) is 6.20 Å². The minimum absolute atomic E-state index is 0.331. The Morgan fingerprint density at radius 1 is 1.67 bits per heavy atom. The van der Waals surface area contributed by atoms with Crippen LogP contribution in [0.1, 0.15) is 25.1 Å². The van der Waals surface area contributed by atoms with Gasteiger partial charge in [0.25, 0.3) is 0 Å². The highest BCUT2D eigenvalue weighted by molar-refractivity contribution is 7.84. The molecule has 5 heteroatoms. The Morgan fingerprint density at radius 2 is 2.33 bits per heavy atom. The van der Waals surface area contributed by atoms with Gasteiger partial charge in [-0.25, -0.2) is 4.98 Å². The lowest BCUT2D eigenvalue weighted by atomic mass is 10.2. The molecule has 0 aliphatic heterocycles. The van der Waals surface area contributed by atoms with Crippen LogP contribution >= 0.6 is 0 Å². The first-order valence-electron chi connectivity index (χ1n) is 5.08. The third kappa shape index (κ3) is 3.34. The first-order valence-corrected chi connectivity index (χ1v) is 6.80. The molecule has 0 spiro atoms. The zero-order valence-corrected chi connectivity index (χ0v) is 10.6. The number of anilines is 1. The number of imidazole rings is 1. The quantitative estimate of drug-likeness (QED) is 0.833. The normalized spacial score (nSPS) is 14.9. The highest BCUT2D eigenvalue weighted by Crippen LogP contribution is 2.18. The van der Waals surface area contributed by atoms with Gasteiger partial charge in [0.15, 0.2) is 0 Å². The van der Waals surface area contributed by atoms with Gasteiger partial charge in [-0.1, -0.05) is 0 Å². The van der Waals surface area contributed by atoms with Crippen LogP contribution in [0.2, 0.25) is 0 Å². The fourth-order valence-corrected chi connectivity index (χ4v) is 2.19. The van der Waals surface area contributed by atoms with Gasteiger partial charge in [-0.2, -0.15) is 0 Å². The van der Waals surface area contributed by atoms with Crippen molar-refractivity contribution < 1.29 is 4.21 Å². The molecule has 0 aromatic carbocycles. The average molecular weight is 229 g/mol. The lowest BCUT2D eigenvalue weighted by Gasteiger charge is -2.15. The predicted molar refractivity (Wildman–Crippen MR) is 64.8 cm³/mol. The summed E-state index contributed by atoms with van der Waals surface area (Å²) in [5.74, 6) is 1.61. The van der Waals surface area contributed by atoms with Crippen molar-refractivity contribution in [2.45, 2.75) is 26.3 Å². The van der Waals surface area contributed by atoms with Crippen LogP contribution in [-0.4, -0.2) is 32.8 Å². The highest BCUT2D eigenvalue weighted by atomic mass is 32.2. The van der Waals surface area contributed by atoms with Gasteiger partial charge < -0.3 is 9.88 Å². The van der Waals surface area contributed by atoms with E-state index in [1.54, 1.807) is 6.26 Å². The van der Waals surface area contributed by atoms with Crippen molar-refractivity contribution in [1.29, 1.82) is 0 Å². The SMILES string of the molecule is CNc1nc(C)cn1C(C)CCS(C)=O. The van der Waals surface area contributed by atoms with Gasteiger partial charge in [0.2, 0.25) is 5.95 Å². The average Bonchev–Trinajstić information content (AvgIpc) is 2.56. The molecule has 1 N–H and O–H groups in total. The first kappa shape index (κ1) is 12.2. The van der Waals surface area contributed by atoms with Crippen LogP contribution < -0.4 is 5.32 Å². The fraction of sp³-hybridized carbons (Fsp3) is 0.700. The topological polar surface area (TPSA) is 46.9 Å². The molecule has 4 nitrogen and oxygen atoms in total. The maximum atomic E-state index is 11.0. The number of aromatic nitrogens is 2. The van der Waals surface area contributed by atoms with Gasteiger partial charge in [0.1, 0.15) is 0 Å². The third-order valence-corrected chi connectivity index (χ3v) is 3.18. The van der Waals surface area contributed by atoms with Crippen LogP contribution in [0.4, 0.5) is 5.95 Å². The predicted octanol–water partition coefficient (Wildman–Crippen LogP) is 1.56. The van der Waals surface area contributed by atoms with Crippen molar-refractivity contribution in [3.63, 3.8) is 0 Å². The summed E-state index contributed by atoms with van der Waals surface area (Å²) in [6.45, 7) is 4.09. The van der Waals surface area contributed by atoms with E-state index in [0.29, 0.717) is 6.04 Å². The molecule has 2 unspecified atom stereocenters. The molecule has 0 aliphatic carbocycles.